The minimum atomic E-state index is -0.499. The standard InChI is InChI=1S/C17H20ClN3O/c1-21-11-8-15(20-21)19-16(22)17(9-3-2-4-10-17)13-6-5-7-14(18)12-13/h5-8,11-12H,2-4,9-10H2,1H3,(H,19,20,22). The number of anilines is 1. The van der Waals surface area contributed by atoms with E-state index in [-0.39, 0.29) is 5.91 Å². The summed E-state index contributed by atoms with van der Waals surface area (Å²) in [6.45, 7) is 0. The molecule has 4 nitrogen and oxygen atoms in total. The largest absolute Gasteiger partial charge is 0.308 e. The van der Waals surface area contributed by atoms with Crippen molar-refractivity contribution in [3.63, 3.8) is 0 Å². The molecule has 0 atom stereocenters. The van der Waals surface area contributed by atoms with Crippen molar-refractivity contribution in [2.45, 2.75) is 37.5 Å². The highest BCUT2D eigenvalue weighted by molar-refractivity contribution is 6.30. The fourth-order valence-electron chi connectivity index (χ4n) is 3.31. The third kappa shape index (κ3) is 2.88. The van der Waals surface area contributed by atoms with Crippen LogP contribution in [-0.4, -0.2) is 15.7 Å². The molecule has 0 spiro atoms. The SMILES string of the molecule is Cn1ccc(NC(=O)C2(c3cccc(Cl)c3)CCCCC2)n1. The number of hydrogen-bond acceptors (Lipinski definition) is 2. The smallest absolute Gasteiger partial charge is 0.236 e. The molecule has 1 aromatic heterocycles. The number of rotatable bonds is 3. The van der Waals surface area contributed by atoms with E-state index in [2.05, 4.69) is 10.4 Å². The third-order valence-corrected chi connectivity index (χ3v) is 4.71. The molecule has 1 aromatic carbocycles. The van der Waals surface area contributed by atoms with Gasteiger partial charge in [-0.1, -0.05) is 43.0 Å². The maximum absolute atomic E-state index is 13.0. The fraction of sp³-hybridized carbons (Fsp3) is 0.412. The van der Waals surface area contributed by atoms with Gasteiger partial charge in [-0.05, 0) is 30.5 Å². The van der Waals surface area contributed by atoms with Gasteiger partial charge in [0.15, 0.2) is 5.82 Å². The second kappa shape index (κ2) is 6.13. The molecule has 2 aromatic rings. The summed E-state index contributed by atoms with van der Waals surface area (Å²) in [4.78, 5) is 13.0. The Kier molecular flexibility index (Phi) is 4.21. The van der Waals surface area contributed by atoms with Crippen molar-refractivity contribution in [2.75, 3.05) is 5.32 Å². The Balaban J connectivity index is 1.93. The van der Waals surface area contributed by atoms with Crippen LogP contribution in [0.2, 0.25) is 5.02 Å². The molecule has 1 aliphatic carbocycles. The van der Waals surface area contributed by atoms with Crippen LogP contribution in [0, 0.1) is 0 Å². The minimum absolute atomic E-state index is 0.0215. The third-order valence-electron chi connectivity index (χ3n) is 4.47. The van der Waals surface area contributed by atoms with Crippen LogP contribution in [0.25, 0.3) is 0 Å². The molecule has 22 heavy (non-hydrogen) atoms. The second-order valence-corrected chi connectivity index (χ2v) is 6.42. The van der Waals surface area contributed by atoms with E-state index in [1.54, 1.807) is 4.68 Å². The van der Waals surface area contributed by atoms with Crippen LogP contribution in [0.5, 0.6) is 0 Å². The molecule has 0 bridgehead atoms. The van der Waals surface area contributed by atoms with Crippen LogP contribution in [0.1, 0.15) is 37.7 Å². The van der Waals surface area contributed by atoms with Gasteiger partial charge < -0.3 is 5.32 Å². The van der Waals surface area contributed by atoms with Gasteiger partial charge in [-0.25, -0.2) is 0 Å². The van der Waals surface area contributed by atoms with Gasteiger partial charge in [0.05, 0.1) is 5.41 Å². The molecule has 0 aliphatic heterocycles. The molecule has 116 valence electrons. The monoisotopic (exact) mass is 317 g/mol. The Bertz CT molecular complexity index is 674. The van der Waals surface area contributed by atoms with Crippen molar-refractivity contribution in [3.05, 3.63) is 47.1 Å². The van der Waals surface area contributed by atoms with E-state index in [4.69, 9.17) is 11.6 Å². The van der Waals surface area contributed by atoms with Gasteiger partial charge >= 0.3 is 0 Å². The Hall–Kier alpha value is -1.81. The maximum atomic E-state index is 13.0. The Labute approximate surface area is 135 Å². The molecular formula is C17H20ClN3O. The van der Waals surface area contributed by atoms with Crippen molar-refractivity contribution < 1.29 is 4.79 Å². The van der Waals surface area contributed by atoms with Gasteiger partial charge in [-0.3, -0.25) is 9.48 Å². The second-order valence-electron chi connectivity index (χ2n) is 5.98. The maximum Gasteiger partial charge on any atom is 0.236 e. The highest BCUT2D eigenvalue weighted by Crippen LogP contribution is 2.41. The quantitative estimate of drug-likeness (QED) is 0.932. The lowest BCUT2D eigenvalue weighted by Gasteiger charge is -2.36. The van der Waals surface area contributed by atoms with Crippen LogP contribution < -0.4 is 5.32 Å². The number of nitrogens with one attached hydrogen (secondary N) is 1. The number of hydrogen-bond donors (Lipinski definition) is 1. The lowest BCUT2D eigenvalue weighted by Crippen LogP contribution is -2.42. The number of benzene rings is 1. The van der Waals surface area contributed by atoms with E-state index in [0.29, 0.717) is 10.8 Å². The zero-order valence-electron chi connectivity index (χ0n) is 12.7. The van der Waals surface area contributed by atoms with Gasteiger partial charge in [0, 0.05) is 24.3 Å². The first kappa shape index (κ1) is 15.1. The summed E-state index contributed by atoms with van der Waals surface area (Å²) in [5.74, 6) is 0.618. The highest BCUT2D eigenvalue weighted by atomic mass is 35.5. The predicted octanol–water partition coefficient (Wildman–Crippen LogP) is 3.91. The van der Waals surface area contributed by atoms with Crippen molar-refractivity contribution in [1.82, 2.24) is 9.78 Å². The Morgan fingerprint density at radius 2 is 2.05 bits per heavy atom. The van der Waals surface area contributed by atoms with E-state index >= 15 is 0 Å². The Morgan fingerprint density at radius 3 is 2.68 bits per heavy atom. The first-order chi connectivity index (χ1) is 10.6. The topological polar surface area (TPSA) is 46.9 Å². The number of amides is 1. The van der Waals surface area contributed by atoms with Crippen molar-refractivity contribution >= 4 is 23.3 Å². The van der Waals surface area contributed by atoms with E-state index in [1.807, 2.05) is 43.6 Å². The lowest BCUT2D eigenvalue weighted by atomic mass is 9.68. The summed E-state index contributed by atoms with van der Waals surface area (Å²) in [6, 6.07) is 9.51. The summed E-state index contributed by atoms with van der Waals surface area (Å²) in [5, 5.41) is 7.90. The number of nitrogens with zero attached hydrogens (tertiary/aromatic N) is 2. The van der Waals surface area contributed by atoms with Gasteiger partial charge in [0.2, 0.25) is 5.91 Å². The molecule has 3 rings (SSSR count). The van der Waals surface area contributed by atoms with Gasteiger partial charge in [0.25, 0.3) is 0 Å². The number of aryl methyl sites for hydroxylation is 1. The number of carbonyl (C=O) groups excluding carboxylic acids is 1. The molecule has 1 aliphatic rings. The van der Waals surface area contributed by atoms with Crippen molar-refractivity contribution in [1.29, 1.82) is 0 Å². The summed E-state index contributed by atoms with van der Waals surface area (Å²) in [7, 11) is 1.84. The molecule has 1 saturated carbocycles. The molecule has 5 heteroatoms. The molecule has 1 fully saturated rings. The zero-order chi connectivity index (χ0) is 15.6. The first-order valence-electron chi connectivity index (χ1n) is 7.67. The molecule has 1 heterocycles. The average Bonchev–Trinajstić information content (AvgIpc) is 2.93. The van der Waals surface area contributed by atoms with Crippen LogP contribution in [0.4, 0.5) is 5.82 Å². The number of aromatic nitrogens is 2. The van der Waals surface area contributed by atoms with Gasteiger partial charge in [-0.2, -0.15) is 5.10 Å². The summed E-state index contributed by atoms with van der Waals surface area (Å²) < 4.78 is 1.68. The van der Waals surface area contributed by atoms with Crippen molar-refractivity contribution in [3.8, 4) is 0 Å². The van der Waals surface area contributed by atoms with E-state index < -0.39 is 5.41 Å². The fourth-order valence-corrected chi connectivity index (χ4v) is 3.50. The molecule has 0 unspecified atom stereocenters. The Morgan fingerprint density at radius 1 is 1.27 bits per heavy atom. The minimum Gasteiger partial charge on any atom is -0.308 e. The molecular weight excluding hydrogens is 298 g/mol. The van der Waals surface area contributed by atoms with Crippen LogP contribution >= 0.6 is 11.6 Å². The number of halogens is 1. The predicted molar refractivity (Wildman–Crippen MR) is 88.1 cm³/mol. The van der Waals surface area contributed by atoms with E-state index in [0.717, 1.165) is 31.2 Å². The summed E-state index contributed by atoms with van der Waals surface area (Å²) in [5.41, 5.74) is 0.508. The first-order valence-corrected chi connectivity index (χ1v) is 8.05. The zero-order valence-corrected chi connectivity index (χ0v) is 13.4. The lowest BCUT2D eigenvalue weighted by molar-refractivity contribution is -0.122. The molecule has 1 amide bonds. The molecule has 0 radical (unpaired) electrons. The summed E-state index contributed by atoms with van der Waals surface area (Å²) in [6.07, 6.45) is 6.82. The molecule has 1 N–H and O–H groups in total. The number of carbonyl (C=O) groups is 1. The van der Waals surface area contributed by atoms with E-state index in [9.17, 15) is 4.79 Å². The van der Waals surface area contributed by atoms with E-state index in [1.165, 1.54) is 6.42 Å². The van der Waals surface area contributed by atoms with Gasteiger partial charge in [-0.15, -0.1) is 0 Å². The van der Waals surface area contributed by atoms with Crippen LogP contribution in [0.15, 0.2) is 36.5 Å². The van der Waals surface area contributed by atoms with Crippen LogP contribution in [0.3, 0.4) is 0 Å². The summed E-state index contributed by atoms with van der Waals surface area (Å²) >= 11 is 6.15. The van der Waals surface area contributed by atoms with Crippen molar-refractivity contribution in [2.24, 2.45) is 7.05 Å². The van der Waals surface area contributed by atoms with Crippen LogP contribution in [-0.2, 0) is 17.3 Å². The average molecular weight is 318 g/mol. The highest BCUT2D eigenvalue weighted by Gasteiger charge is 2.41. The molecule has 0 saturated heterocycles. The normalized spacial score (nSPS) is 17.2. The van der Waals surface area contributed by atoms with Gasteiger partial charge in [0.1, 0.15) is 0 Å².